The summed E-state index contributed by atoms with van der Waals surface area (Å²) in [5, 5.41) is 13.1. The van der Waals surface area contributed by atoms with Crippen LogP contribution < -0.4 is 31.6 Å². The van der Waals surface area contributed by atoms with E-state index in [1.54, 1.807) is 12.1 Å². The Morgan fingerprint density at radius 2 is 1.04 bits per heavy atom. The molecule has 4 heterocycles. The molecule has 2 atom stereocenters. The minimum absolute atomic E-state index is 0.00707. The monoisotopic (exact) mass is 778 g/mol. The number of hydrogen-bond donors (Lipinski definition) is 4. The number of aromatic nitrogens is 4. The molecule has 16 nitrogen and oxygen atoms in total. The fourth-order valence-electron chi connectivity index (χ4n) is 6.55. The first-order chi connectivity index (χ1) is 26.0. The van der Waals surface area contributed by atoms with Gasteiger partial charge in [0.05, 0.1) is 12.2 Å². The van der Waals surface area contributed by atoms with Crippen LogP contribution in [0.4, 0.5) is 21.0 Å². The summed E-state index contributed by atoms with van der Waals surface area (Å²) in [6.07, 6.45) is 3.71. The highest BCUT2D eigenvalue weighted by atomic mass is 16.6. The summed E-state index contributed by atoms with van der Waals surface area (Å²) in [6.45, 7) is 18.9. The van der Waals surface area contributed by atoms with Crippen LogP contribution in [0.15, 0.2) is 55.0 Å². The molecule has 0 saturated heterocycles. The Morgan fingerprint density at radius 1 is 0.661 bits per heavy atom. The number of aryl methyl sites for hydroxylation is 2. The highest BCUT2D eigenvalue weighted by molar-refractivity contribution is 5.85. The summed E-state index contributed by atoms with van der Waals surface area (Å²) in [5.41, 5.74) is 1.57. The number of carbonyl (C=O) groups excluding carboxylic acids is 2. The second-order valence-electron chi connectivity index (χ2n) is 17.5. The van der Waals surface area contributed by atoms with Crippen LogP contribution in [0.3, 0.4) is 0 Å². The van der Waals surface area contributed by atoms with Crippen LogP contribution in [0.25, 0.3) is 0 Å². The van der Waals surface area contributed by atoms with E-state index in [2.05, 4.69) is 40.0 Å². The molecule has 0 radical (unpaired) electrons. The fraction of sp³-hybridized carbons (Fsp3) is 0.550. The normalized spacial score (nSPS) is 16.8. The first-order valence-electron chi connectivity index (χ1n) is 18.8. The van der Waals surface area contributed by atoms with Crippen LogP contribution in [0, 0.1) is 0 Å². The van der Waals surface area contributed by atoms with Gasteiger partial charge in [-0.3, -0.25) is 29.6 Å². The van der Waals surface area contributed by atoms with Gasteiger partial charge in [-0.05, 0) is 128 Å². The van der Waals surface area contributed by atoms with E-state index < -0.39 is 34.9 Å². The Morgan fingerprint density at radius 3 is 1.36 bits per heavy atom. The molecule has 2 aliphatic rings. The first kappa shape index (κ1) is 41.6. The molecule has 0 unspecified atom stereocenters. The van der Waals surface area contributed by atoms with Crippen LogP contribution in [0.2, 0.25) is 0 Å². The molecule has 2 aromatic heterocycles. The predicted octanol–water partition coefficient (Wildman–Crippen LogP) is 7.54. The van der Waals surface area contributed by atoms with Crippen molar-refractivity contribution in [1.29, 1.82) is 0 Å². The van der Waals surface area contributed by atoms with E-state index in [4.69, 9.17) is 18.9 Å². The third-order valence-electron chi connectivity index (χ3n) is 9.11. The van der Waals surface area contributed by atoms with Crippen LogP contribution >= 0.6 is 0 Å². The summed E-state index contributed by atoms with van der Waals surface area (Å²) >= 11 is 0. The highest BCUT2D eigenvalue weighted by Gasteiger charge is 2.34. The molecule has 4 N–H and O–H groups in total. The number of benzene rings is 2. The van der Waals surface area contributed by atoms with Crippen LogP contribution in [0.5, 0.6) is 11.5 Å². The number of ether oxygens (including phenoxy) is 4. The molecule has 16 heteroatoms. The molecular formula is C40H54N6O10. The zero-order chi connectivity index (χ0) is 41.1. The van der Waals surface area contributed by atoms with Crippen LogP contribution in [-0.4, -0.2) is 55.9 Å². The van der Waals surface area contributed by atoms with Gasteiger partial charge in [-0.15, -0.1) is 0 Å². The maximum atomic E-state index is 11.9. The van der Waals surface area contributed by atoms with Crippen LogP contribution in [-0.2, 0) is 33.1 Å². The second kappa shape index (κ2) is 16.3. The smallest absolute Gasteiger partial charge is 0.438 e. The first-order valence-corrected chi connectivity index (χ1v) is 18.8. The summed E-state index contributed by atoms with van der Waals surface area (Å²) in [7, 11) is 0. The number of amides is 2. The Kier molecular flexibility index (Phi) is 12.1. The molecule has 2 amide bonds. The Hall–Kier alpha value is -5.54. The lowest BCUT2D eigenvalue weighted by Crippen LogP contribution is -2.32. The Labute approximate surface area is 325 Å². The predicted molar refractivity (Wildman–Crippen MR) is 208 cm³/mol. The van der Waals surface area contributed by atoms with Crippen molar-refractivity contribution in [3.05, 3.63) is 80.3 Å². The van der Waals surface area contributed by atoms with E-state index in [0.29, 0.717) is 35.9 Å². The van der Waals surface area contributed by atoms with Crippen LogP contribution in [0.1, 0.15) is 118 Å². The van der Waals surface area contributed by atoms with E-state index in [-0.39, 0.29) is 23.0 Å². The van der Waals surface area contributed by atoms with Crippen molar-refractivity contribution >= 4 is 23.6 Å². The standard InChI is InChI=1S/2C20H27N3O5/c2*1-19(2,3)27-17(24)21-13-7-9-15-12(10-13)6-8-14(26-15)11-20(4,5)16-22-18(25)28-23-16/h2*7,9-10,14H,6,8,11H2,1-5H3,(H,21,24)(H,22,23,25)/t2*14-/m10/s1. The lowest BCUT2D eigenvalue weighted by atomic mass is 9.83. The van der Waals surface area contributed by atoms with E-state index in [9.17, 15) is 19.2 Å². The SMILES string of the molecule is CC(C)(C)OC(=O)Nc1ccc2c(c1)CC[C@@H](CC(C)(C)c1noc(=O)[nH]1)O2.CC(C)(C)OC(=O)Nc1ccc2c(c1)CC[C@H](CC(C)(C)c1noc(=O)[nH]1)O2. The van der Waals surface area contributed by atoms with Crippen molar-refractivity contribution < 1.29 is 37.6 Å². The average molecular weight is 779 g/mol. The van der Waals surface area contributed by atoms with Gasteiger partial charge in [0.15, 0.2) is 11.6 Å². The van der Waals surface area contributed by atoms with Gasteiger partial charge in [-0.2, -0.15) is 0 Å². The van der Waals surface area contributed by atoms with Gasteiger partial charge < -0.3 is 18.9 Å². The number of anilines is 2. The van der Waals surface area contributed by atoms with Crippen molar-refractivity contribution in [2.24, 2.45) is 0 Å². The molecule has 2 aromatic carbocycles. The van der Waals surface area contributed by atoms with Crippen molar-refractivity contribution in [2.75, 3.05) is 10.6 Å². The number of nitrogens with zero attached hydrogens (tertiary/aromatic N) is 2. The van der Waals surface area contributed by atoms with Gasteiger partial charge in [-0.25, -0.2) is 19.2 Å². The number of H-pyrrole nitrogens is 2. The Bertz CT molecular complexity index is 1960. The molecule has 2 aliphatic heterocycles. The summed E-state index contributed by atoms with van der Waals surface area (Å²) in [4.78, 5) is 51.6. The number of fused-ring (bicyclic) bond motifs is 2. The number of carbonyl (C=O) groups is 2. The van der Waals surface area contributed by atoms with Gasteiger partial charge in [0.25, 0.3) is 0 Å². The van der Waals surface area contributed by atoms with Gasteiger partial charge in [0.1, 0.15) is 22.7 Å². The quantitative estimate of drug-likeness (QED) is 0.137. The second-order valence-corrected chi connectivity index (χ2v) is 17.5. The topological polar surface area (TPSA) is 213 Å². The summed E-state index contributed by atoms with van der Waals surface area (Å²) < 4.78 is 32.1. The van der Waals surface area contributed by atoms with Crippen molar-refractivity contribution in [3.8, 4) is 11.5 Å². The maximum absolute atomic E-state index is 11.9. The van der Waals surface area contributed by atoms with Crippen molar-refractivity contribution in [3.63, 3.8) is 0 Å². The zero-order valence-electron chi connectivity index (χ0n) is 33.8. The molecule has 6 rings (SSSR count). The molecule has 0 bridgehead atoms. The molecule has 0 spiro atoms. The minimum Gasteiger partial charge on any atom is -0.490 e. The van der Waals surface area contributed by atoms with E-state index >= 15 is 0 Å². The maximum Gasteiger partial charge on any atom is 0.438 e. The number of rotatable bonds is 8. The molecule has 4 aromatic rings. The lowest BCUT2D eigenvalue weighted by Gasteiger charge is -2.31. The average Bonchev–Trinajstić information content (AvgIpc) is 3.72. The molecular weight excluding hydrogens is 724 g/mol. The zero-order valence-corrected chi connectivity index (χ0v) is 33.8. The molecule has 0 aliphatic carbocycles. The van der Waals surface area contributed by atoms with E-state index in [0.717, 1.165) is 48.3 Å². The van der Waals surface area contributed by atoms with E-state index in [1.165, 1.54) is 0 Å². The third-order valence-corrected chi connectivity index (χ3v) is 9.11. The molecule has 0 saturated carbocycles. The molecule has 304 valence electrons. The molecule has 0 fully saturated rings. The van der Waals surface area contributed by atoms with Gasteiger partial charge >= 0.3 is 23.7 Å². The number of nitrogens with one attached hydrogen (secondary N) is 4. The van der Waals surface area contributed by atoms with Gasteiger partial charge in [0, 0.05) is 22.2 Å². The van der Waals surface area contributed by atoms with Gasteiger partial charge in [-0.1, -0.05) is 38.0 Å². The largest absolute Gasteiger partial charge is 0.490 e. The van der Waals surface area contributed by atoms with Gasteiger partial charge in [0.2, 0.25) is 0 Å². The number of aromatic amines is 2. The van der Waals surface area contributed by atoms with Crippen molar-refractivity contribution in [1.82, 2.24) is 20.3 Å². The summed E-state index contributed by atoms with van der Waals surface area (Å²) in [6, 6.07) is 11.1. The fourth-order valence-corrected chi connectivity index (χ4v) is 6.55. The Balaban J connectivity index is 0.000000214. The lowest BCUT2D eigenvalue weighted by molar-refractivity contribution is 0.0624. The highest BCUT2D eigenvalue weighted by Crippen LogP contribution is 2.37. The van der Waals surface area contributed by atoms with E-state index in [1.807, 2.05) is 93.5 Å². The van der Waals surface area contributed by atoms with Crippen molar-refractivity contribution in [2.45, 2.75) is 142 Å². The molecule has 56 heavy (non-hydrogen) atoms. The minimum atomic E-state index is -0.553. The summed E-state index contributed by atoms with van der Waals surface area (Å²) in [5.74, 6) is 1.53. The third kappa shape index (κ3) is 11.7. The number of hydrogen-bond acceptors (Lipinski definition) is 12.